The van der Waals surface area contributed by atoms with Gasteiger partial charge in [0.1, 0.15) is 0 Å². The Morgan fingerprint density at radius 3 is 2.40 bits per heavy atom. The van der Waals surface area contributed by atoms with Crippen molar-refractivity contribution in [2.24, 2.45) is 0 Å². The summed E-state index contributed by atoms with van der Waals surface area (Å²) in [5, 5.41) is 12.2. The molecule has 0 aliphatic carbocycles. The normalized spacial score (nSPS) is 10.5. The van der Waals surface area contributed by atoms with Gasteiger partial charge in [-0.1, -0.05) is 12.1 Å². The van der Waals surface area contributed by atoms with Crippen LogP contribution in [0.1, 0.15) is 35.0 Å². The second-order valence-corrected chi connectivity index (χ2v) is 5.05. The van der Waals surface area contributed by atoms with E-state index in [1.165, 1.54) is 22.5 Å². The average Bonchev–Trinajstić information content (AvgIpc) is 2.74. The Morgan fingerprint density at radius 2 is 1.85 bits per heavy atom. The molecule has 0 aliphatic heterocycles. The van der Waals surface area contributed by atoms with Crippen LogP contribution in [0.5, 0.6) is 0 Å². The molecule has 1 heterocycles. The van der Waals surface area contributed by atoms with Crippen LogP contribution in [0.4, 0.5) is 0 Å². The third-order valence-electron chi connectivity index (χ3n) is 3.72. The van der Waals surface area contributed by atoms with Gasteiger partial charge < -0.3 is 9.88 Å². The van der Waals surface area contributed by atoms with Crippen molar-refractivity contribution >= 4 is 0 Å². The minimum Gasteiger partial charge on any atom is -0.349 e. The van der Waals surface area contributed by atoms with Crippen LogP contribution in [-0.4, -0.2) is 4.57 Å². The van der Waals surface area contributed by atoms with E-state index in [0.717, 1.165) is 19.6 Å². The molecular weight excluding hydrogens is 246 g/mol. The standard InChI is InChI=1S/C17H21N3/c1-4-20-13(2)9-17(14(20)3)12-19-11-16-7-5-15(10-18)6-8-16/h5-9,19H,4,11-12H2,1-3H3. The van der Waals surface area contributed by atoms with Gasteiger partial charge in [0, 0.05) is 31.0 Å². The lowest BCUT2D eigenvalue weighted by Crippen LogP contribution is -2.13. The van der Waals surface area contributed by atoms with Crippen molar-refractivity contribution in [3.63, 3.8) is 0 Å². The number of rotatable bonds is 5. The van der Waals surface area contributed by atoms with Gasteiger partial charge in [0.05, 0.1) is 11.6 Å². The number of hydrogen-bond acceptors (Lipinski definition) is 2. The van der Waals surface area contributed by atoms with E-state index in [4.69, 9.17) is 5.26 Å². The van der Waals surface area contributed by atoms with Gasteiger partial charge in [-0.2, -0.15) is 5.26 Å². The first-order chi connectivity index (χ1) is 9.65. The molecule has 0 amide bonds. The van der Waals surface area contributed by atoms with E-state index in [2.05, 4.69) is 42.8 Å². The summed E-state index contributed by atoms with van der Waals surface area (Å²) in [6, 6.07) is 12.1. The zero-order valence-electron chi connectivity index (χ0n) is 12.4. The van der Waals surface area contributed by atoms with Gasteiger partial charge in [-0.05, 0) is 50.1 Å². The highest BCUT2D eigenvalue weighted by Crippen LogP contribution is 2.14. The molecule has 1 N–H and O–H groups in total. The second-order valence-electron chi connectivity index (χ2n) is 5.05. The Bertz CT molecular complexity index is 615. The zero-order valence-corrected chi connectivity index (χ0v) is 12.4. The van der Waals surface area contributed by atoms with Crippen molar-refractivity contribution in [2.45, 2.75) is 40.4 Å². The van der Waals surface area contributed by atoms with E-state index in [1.807, 2.05) is 24.3 Å². The molecule has 2 rings (SSSR count). The molecule has 1 aromatic heterocycles. The maximum atomic E-state index is 8.77. The van der Waals surface area contributed by atoms with Crippen LogP contribution in [0, 0.1) is 25.2 Å². The molecule has 2 aromatic rings. The molecule has 0 atom stereocenters. The predicted molar refractivity (Wildman–Crippen MR) is 81.3 cm³/mol. The lowest BCUT2D eigenvalue weighted by atomic mass is 10.1. The Kier molecular flexibility index (Phi) is 4.60. The van der Waals surface area contributed by atoms with Crippen LogP contribution < -0.4 is 5.32 Å². The van der Waals surface area contributed by atoms with Crippen LogP contribution in [0.3, 0.4) is 0 Å². The SMILES string of the molecule is CCn1c(C)cc(CNCc2ccc(C#N)cc2)c1C. The molecule has 104 valence electrons. The van der Waals surface area contributed by atoms with E-state index in [0.29, 0.717) is 5.56 Å². The summed E-state index contributed by atoms with van der Waals surface area (Å²) >= 11 is 0. The molecule has 0 saturated carbocycles. The Morgan fingerprint density at radius 1 is 1.15 bits per heavy atom. The highest BCUT2D eigenvalue weighted by Gasteiger charge is 2.06. The lowest BCUT2D eigenvalue weighted by molar-refractivity contribution is 0.675. The first-order valence-electron chi connectivity index (χ1n) is 7.01. The molecule has 0 aliphatic rings. The fourth-order valence-electron chi connectivity index (χ4n) is 2.58. The van der Waals surface area contributed by atoms with E-state index >= 15 is 0 Å². The molecule has 0 spiro atoms. The largest absolute Gasteiger partial charge is 0.349 e. The van der Waals surface area contributed by atoms with Crippen LogP contribution in [0.2, 0.25) is 0 Å². The van der Waals surface area contributed by atoms with E-state index in [9.17, 15) is 0 Å². The summed E-state index contributed by atoms with van der Waals surface area (Å²) in [5.74, 6) is 0. The highest BCUT2D eigenvalue weighted by molar-refractivity contribution is 5.31. The van der Waals surface area contributed by atoms with Gasteiger partial charge in [-0.25, -0.2) is 0 Å². The van der Waals surface area contributed by atoms with Crippen molar-refractivity contribution in [1.82, 2.24) is 9.88 Å². The van der Waals surface area contributed by atoms with E-state index in [-0.39, 0.29) is 0 Å². The summed E-state index contributed by atoms with van der Waals surface area (Å²) in [7, 11) is 0. The molecule has 3 heteroatoms. The Labute approximate surface area is 120 Å². The Hall–Kier alpha value is -2.05. The van der Waals surface area contributed by atoms with Crippen molar-refractivity contribution < 1.29 is 0 Å². The van der Waals surface area contributed by atoms with E-state index < -0.39 is 0 Å². The van der Waals surface area contributed by atoms with Gasteiger partial charge in [0.25, 0.3) is 0 Å². The fraction of sp³-hybridized carbons (Fsp3) is 0.353. The lowest BCUT2D eigenvalue weighted by Gasteiger charge is -2.07. The maximum absolute atomic E-state index is 8.77. The van der Waals surface area contributed by atoms with Crippen molar-refractivity contribution in [1.29, 1.82) is 5.26 Å². The maximum Gasteiger partial charge on any atom is 0.0991 e. The monoisotopic (exact) mass is 267 g/mol. The molecular formula is C17H21N3. The molecule has 3 nitrogen and oxygen atoms in total. The smallest absolute Gasteiger partial charge is 0.0991 e. The molecule has 0 saturated heterocycles. The summed E-state index contributed by atoms with van der Waals surface area (Å²) in [5.41, 5.74) is 5.93. The minimum atomic E-state index is 0.709. The first-order valence-corrected chi connectivity index (χ1v) is 7.01. The van der Waals surface area contributed by atoms with Gasteiger partial charge >= 0.3 is 0 Å². The number of nitriles is 1. The van der Waals surface area contributed by atoms with Crippen molar-refractivity contribution in [2.75, 3.05) is 0 Å². The van der Waals surface area contributed by atoms with Crippen LogP contribution >= 0.6 is 0 Å². The van der Waals surface area contributed by atoms with Crippen LogP contribution in [0.15, 0.2) is 30.3 Å². The fourth-order valence-corrected chi connectivity index (χ4v) is 2.58. The highest BCUT2D eigenvalue weighted by atomic mass is 15.0. The van der Waals surface area contributed by atoms with Gasteiger partial charge in [0.15, 0.2) is 0 Å². The van der Waals surface area contributed by atoms with Crippen LogP contribution in [0.25, 0.3) is 0 Å². The van der Waals surface area contributed by atoms with Gasteiger partial charge in [0.2, 0.25) is 0 Å². The van der Waals surface area contributed by atoms with Crippen LogP contribution in [-0.2, 0) is 19.6 Å². The first kappa shape index (κ1) is 14.4. The minimum absolute atomic E-state index is 0.709. The summed E-state index contributed by atoms with van der Waals surface area (Å²) in [6.07, 6.45) is 0. The molecule has 20 heavy (non-hydrogen) atoms. The number of nitrogens with zero attached hydrogens (tertiary/aromatic N) is 2. The summed E-state index contributed by atoms with van der Waals surface area (Å²) in [6.45, 7) is 9.22. The number of nitrogens with one attached hydrogen (secondary N) is 1. The van der Waals surface area contributed by atoms with Crippen molar-refractivity contribution in [3.8, 4) is 6.07 Å². The Balaban J connectivity index is 1.94. The van der Waals surface area contributed by atoms with Gasteiger partial charge in [-0.3, -0.25) is 0 Å². The zero-order chi connectivity index (χ0) is 14.5. The third kappa shape index (κ3) is 3.09. The number of aryl methyl sites for hydroxylation is 1. The molecule has 1 aromatic carbocycles. The predicted octanol–water partition coefficient (Wildman–Crippen LogP) is 3.29. The third-order valence-corrected chi connectivity index (χ3v) is 3.72. The second kappa shape index (κ2) is 6.40. The number of hydrogen-bond donors (Lipinski definition) is 1. The van der Waals surface area contributed by atoms with Gasteiger partial charge in [-0.15, -0.1) is 0 Å². The summed E-state index contributed by atoms with van der Waals surface area (Å²) < 4.78 is 2.33. The number of benzene rings is 1. The van der Waals surface area contributed by atoms with Crippen molar-refractivity contribution in [3.05, 3.63) is 58.4 Å². The average molecular weight is 267 g/mol. The summed E-state index contributed by atoms with van der Waals surface area (Å²) in [4.78, 5) is 0. The molecule has 0 fully saturated rings. The molecule has 0 unspecified atom stereocenters. The quantitative estimate of drug-likeness (QED) is 0.903. The van der Waals surface area contributed by atoms with E-state index in [1.54, 1.807) is 0 Å². The molecule has 0 radical (unpaired) electrons. The topological polar surface area (TPSA) is 40.8 Å². The molecule has 0 bridgehead atoms. The number of aromatic nitrogens is 1.